The largest absolute Gasteiger partial charge is 0.496 e. The third-order valence-electron chi connectivity index (χ3n) is 6.02. The molecule has 1 N–H and O–H groups in total. The van der Waals surface area contributed by atoms with Crippen molar-refractivity contribution in [2.45, 2.75) is 51.0 Å². The molecule has 0 fully saturated rings. The Kier molecular flexibility index (Phi) is 9.47. The Morgan fingerprint density at radius 3 is 2.63 bits per heavy atom. The Bertz CT molecular complexity index is 1260. The van der Waals surface area contributed by atoms with Gasteiger partial charge < -0.3 is 14.4 Å². The molecule has 0 radical (unpaired) electrons. The van der Waals surface area contributed by atoms with Crippen molar-refractivity contribution in [3.8, 4) is 16.9 Å². The number of allylic oxidation sites excluding steroid dienone is 4. The van der Waals surface area contributed by atoms with E-state index in [0.717, 1.165) is 43.9 Å². The van der Waals surface area contributed by atoms with Crippen LogP contribution in [0, 0.1) is 5.82 Å². The Labute approximate surface area is 215 Å². The second-order valence-electron chi connectivity index (χ2n) is 8.22. The highest BCUT2D eigenvalue weighted by Crippen LogP contribution is 2.50. The average Bonchev–Trinajstić information content (AvgIpc) is 3.38. The number of carboxylic acids is 1. The first kappa shape index (κ1) is 26.9. The number of thioether (sulfide) groups is 1. The van der Waals surface area contributed by atoms with Gasteiger partial charge >= 0.3 is 5.97 Å². The van der Waals surface area contributed by atoms with Gasteiger partial charge in [-0.15, -0.1) is 11.6 Å². The zero-order valence-electron chi connectivity index (χ0n) is 20.5. The average molecular weight is 516 g/mol. The molecule has 186 valence electrons. The van der Waals surface area contributed by atoms with E-state index in [1.165, 1.54) is 0 Å². The summed E-state index contributed by atoms with van der Waals surface area (Å²) >= 11 is 6.84. The third kappa shape index (κ3) is 5.93. The van der Waals surface area contributed by atoms with E-state index in [1.807, 2.05) is 63.3 Å². The molecule has 2 heterocycles. The van der Waals surface area contributed by atoms with Crippen LogP contribution in [-0.4, -0.2) is 28.6 Å². The van der Waals surface area contributed by atoms with Gasteiger partial charge in [-0.2, -0.15) is 0 Å². The van der Waals surface area contributed by atoms with Crippen LogP contribution in [0.1, 0.15) is 45.2 Å². The summed E-state index contributed by atoms with van der Waals surface area (Å²) in [5.41, 5.74) is 3.40. The maximum atomic E-state index is 14.8. The molecule has 1 unspecified atom stereocenters. The molecule has 1 atom stereocenters. The molecule has 35 heavy (non-hydrogen) atoms. The molecule has 0 bridgehead atoms. The number of rotatable bonds is 7. The summed E-state index contributed by atoms with van der Waals surface area (Å²) in [6, 6.07) is 10.7. The number of para-hydroxylation sites is 1. The highest BCUT2D eigenvalue weighted by atomic mass is 35.5. The zero-order valence-corrected chi connectivity index (χ0v) is 22.0. The first-order valence-electron chi connectivity index (χ1n) is 11.5. The summed E-state index contributed by atoms with van der Waals surface area (Å²) in [6.45, 7) is 6.65. The van der Waals surface area contributed by atoms with E-state index < -0.39 is 5.97 Å². The number of alkyl halides is 1. The lowest BCUT2D eigenvalue weighted by molar-refractivity contribution is -0.137. The standard InChI is InChI=1S/C24H24FNO3S.C4H7Cl/c1-4-14(2)30-24-22-18(17-7-5-6-8-20(17)29-3)12-16(25)13-19(22)26-10-9-15(23(24)26)11-21(27)28;1-2-3-4-5/h4-8,12-13,15H,9-11H2,1-3H3,(H,27,28);2-3H,4H2,1H3/b14-4+;3-2-. The van der Waals surface area contributed by atoms with E-state index in [4.69, 9.17) is 16.3 Å². The Balaban J connectivity index is 0.000000623. The smallest absolute Gasteiger partial charge is 0.304 e. The maximum absolute atomic E-state index is 14.8. The lowest BCUT2D eigenvalue weighted by atomic mass is 9.97. The molecule has 7 heteroatoms. The number of methoxy groups -OCH3 is 1. The monoisotopic (exact) mass is 515 g/mol. The van der Waals surface area contributed by atoms with Crippen LogP contribution in [0.25, 0.3) is 22.0 Å². The topological polar surface area (TPSA) is 51.5 Å². The maximum Gasteiger partial charge on any atom is 0.304 e. The molecule has 2 aromatic carbocycles. The molecular formula is C28H31ClFNO3S. The van der Waals surface area contributed by atoms with Crippen LogP contribution in [0.3, 0.4) is 0 Å². The van der Waals surface area contributed by atoms with Gasteiger partial charge in [0.05, 0.1) is 19.0 Å². The van der Waals surface area contributed by atoms with E-state index in [9.17, 15) is 14.3 Å². The quantitative estimate of drug-likeness (QED) is 0.195. The van der Waals surface area contributed by atoms with E-state index >= 15 is 0 Å². The van der Waals surface area contributed by atoms with Gasteiger partial charge in [-0.3, -0.25) is 4.79 Å². The first-order valence-corrected chi connectivity index (χ1v) is 12.9. The summed E-state index contributed by atoms with van der Waals surface area (Å²) in [4.78, 5) is 13.6. The Morgan fingerprint density at radius 2 is 2.03 bits per heavy atom. The molecule has 0 spiro atoms. The normalized spacial score (nSPS) is 15.3. The molecule has 4 nitrogen and oxygen atoms in total. The first-order chi connectivity index (χ1) is 16.9. The number of carbonyl (C=O) groups is 1. The van der Waals surface area contributed by atoms with Crippen LogP contribution in [0.4, 0.5) is 4.39 Å². The van der Waals surface area contributed by atoms with Crippen molar-refractivity contribution in [3.05, 3.63) is 71.0 Å². The van der Waals surface area contributed by atoms with E-state index in [1.54, 1.807) is 31.0 Å². The highest BCUT2D eigenvalue weighted by Gasteiger charge is 2.33. The molecule has 4 rings (SSSR count). The van der Waals surface area contributed by atoms with Crippen molar-refractivity contribution in [1.82, 2.24) is 4.57 Å². The number of fused-ring (bicyclic) bond motifs is 3. The van der Waals surface area contributed by atoms with Crippen molar-refractivity contribution in [2.24, 2.45) is 0 Å². The predicted molar refractivity (Wildman–Crippen MR) is 144 cm³/mol. The fourth-order valence-electron chi connectivity index (χ4n) is 4.39. The van der Waals surface area contributed by atoms with Crippen molar-refractivity contribution in [1.29, 1.82) is 0 Å². The van der Waals surface area contributed by atoms with Gasteiger partial charge in [-0.25, -0.2) is 4.39 Å². The number of aromatic nitrogens is 1. The molecule has 0 saturated carbocycles. The van der Waals surface area contributed by atoms with Crippen LogP contribution in [0.2, 0.25) is 0 Å². The van der Waals surface area contributed by atoms with Crippen molar-refractivity contribution in [2.75, 3.05) is 13.0 Å². The van der Waals surface area contributed by atoms with Crippen LogP contribution in [0.5, 0.6) is 5.75 Å². The summed E-state index contributed by atoms with van der Waals surface area (Å²) < 4.78 is 22.4. The SMILES string of the molecule is C/C=C(\C)Sc1c2n(c3cc(F)cc(-c4ccccc4OC)c13)CCC2CC(=O)O.C/C=C\CCl. The summed E-state index contributed by atoms with van der Waals surface area (Å²) in [7, 11) is 1.61. The number of aryl methyl sites for hydroxylation is 1. The van der Waals surface area contributed by atoms with Crippen molar-refractivity contribution < 1.29 is 19.0 Å². The second kappa shape index (κ2) is 12.3. The van der Waals surface area contributed by atoms with Gasteiger partial charge in [0.1, 0.15) is 11.6 Å². The number of halogens is 2. The predicted octanol–water partition coefficient (Wildman–Crippen LogP) is 8.24. The fourth-order valence-corrected chi connectivity index (χ4v) is 5.71. The zero-order chi connectivity index (χ0) is 25.5. The van der Waals surface area contributed by atoms with Gasteiger partial charge in [0.2, 0.25) is 0 Å². The Morgan fingerprint density at radius 1 is 1.29 bits per heavy atom. The molecule has 0 amide bonds. The third-order valence-corrected chi connectivity index (χ3v) is 7.38. The number of hydrogen-bond acceptors (Lipinski definition) is 3. The van der Waals surface area contributed by atoms with Crippen LogP contribution < -0.4 is 4.74 Å². The van der Waals surface area contributed by atoms with Gasteiger partial charge in [-0.1, -0.05) is 48.2 Å². The van der Waals surface area contributed by atoms with E-state index in [0.29, 0.717) is 18.2 Å². The minimum atomic E-state index is -0.812. The molecule has 1 aliphatic rings. The molecule has 1 aromatic heterocycles. The van der Waals surface area contributed by atoms with Gasteiger partial charge in [0, 0.05) is 39.9 Å². The number of hydrogen-bond donors (Lipinski definition) is 1. The van der Waals surface area contributed by atoms with Gasteiger partial charge in [-0.05, 0) is 55.9 Å². The van der Waals surface area contributed by atoms with Gasteiger partial charge in [0.15, 0.2) is 0 Å². The molecule has 1 aliphatic heterocycles. The second-order valence-corrected chi connectivity index (χ2v) is 9.79. The number of nitrogens with zero attached hydrogens (tertiary/aromatic N) is 1. The number of carboxylic acid groups (broad SMARTS) is 1. The number of aliphatic carboxylic acids is 1. The Hall–Kier alpha value is -2.70. The summed E-state index contributed by atoms with van der Waals surface area (Å²) in [5.74, 6) is 0.0988. The van der Waals surface area contributed by atoms with Crippen LogP contribution in [0.15, 0.2) is 64.4 Å². The lowest BCUT2D eigenvalue weighted by Gasteiger charge is -2.14. The highest BCUT2D eigenvalue weighted by molar-refractivity contribution is 8.03. The number of benzene rings is 2. The summed E-state index contributed by atoms with van der Waals surface area (Å²) in [5, 5.41) is 10.4. The van der Waals surface area contributed by atoms with Crippen molar-refractivity contribution >= 4 is 40.2 Å². The van der Waals surface area contributed by atoms with Crippen molar-refractivity contribution in [3.63, 3.8) is 0 Å². The minimum absolute atomic E-state index is 0.0746. The van der Waals surface area contributed by atoms with Gasteiger partial charge in [0.25, 0.3) is 0 Å². The fraction of sp³-hybridized carbons (Fsp3) is 0.321. The molecule has 0 aliphatic carbocycles. The molecule has 3 aromatic rings. The van der Waals surface area contributed by atoms with Crippen LogP contribution >= 0.6 is 23.4 Å². The number of ether oxygens (including phenoxy) is 1. The lowest BCUT2D eigenvalue weighted by Crippen LogP contribution is -2.04. The summed E-state index contributed by atoms with van der Waals surface area (Å²) in [6.07, 6.45) is 6.67. The van der Waals surface area contributed by atoms with Crippen LogP contribution in [-0.2, 0) is 11.3 Å². The van der Waals surface area contributed by atoms with E-state index in [2.05, 4.69) is 4.57 Å². The molecular weight excluding hydrogens is 485 g/mol. The van der Waals surface area contributed by atoms with E-state index in [-0.39, 0.29) is 18.2 Å². The minimum Gasteiger partial charge on any atom is -0.496 e. The molecule has 0 saturated heterocycles.